The third-order valence-electron chi connectivity index (χ3n) is 2.54. The van der Waals surface area contributed by atoms with Crippen molar-refractivity contribution in [2.24, 2.45) is 0 Å². The van der Waals surface area contributed by atoms with Crippen LogP contribution in [0.1, 0.15) is 0 Å². The van der Waals surface area contributed by atoms with E-state index < -0.39 is 0 Å². The van der Waals surface area contributed by atoms with E-state index in [4.69, 9.17) is 9.47 Å². The first-order valence-corrected chi connectivity index (χ1v) is 10.7. The lowest BCUT2D eigenvalue weighted by Crippen LogP contribution is -2.09. The minimum Gasteiger partial charge on any atom is -0.490 e. The lowest BCUT2D eigenvalue weighted by molar-refractivity contribution is 0.217. The van der Waals surface area contributed by atoms with E-state index in [1.807, 2.05) is 24.3 Å². The maximum Gasteiger partial charge on any atom is 0.122 e. The molecule has 0 saturated carbocycles. The Labute approximate surface area is 179 Å². The summed E-state index contributed by atoms with van der Waals surface area (Å²) in [6, 6.07) is 7.62. The molecule has 0 heterocycles. The Balaban J connectivity index is 1.90. The molecule has 0 bridgehead atoms. The predicted octanol–water partition coefficient (Wildman–Crippen LogP) is 7.72. The second-order valence-corrected chi connectivity index (χ2v) is 9.10. The molecule has 0 aromatic heterocycles. The summed E-state index contributed by atoms with van der Waals surface area (Å²) in [6.07, 6.45) is 0. The van der Waals surface area contributed by atoms with Crippen molar-refractivity contribution in [3.05, 3.63) is 51.1 Å². The average molecular weight is 688 g/mol. The minimum absolute atomic E-state index is 0.450. The van der Waals surface area contributed by atoms with Crippen molar-refractivity contribution >= 4 is 95.6 Å². The lowest BCUT2D eigenvalue weighted by atomic mass is 10.3. The summed E-state index contributed by atoms with van der Waals surface area (Å²) in [6.45, 7) is 0.900. The molecule has 0 N–H and O–H groups in total. The van der Waals surface area contributed by atoms with Crippen molar-refractivity contribution in [3.8, 4) is 11.5 Å². The molecule has 118 valence electrons. The Kier molecular flexibility index (Phi) is 7.74. The molecule has 0 amide bonds. The monoisotopic (exact) mass is 682 g/mol. The van der Waals surface area contributed by atoms with Crippen molar-refractivity contribution in [2.75, 3.05) is 13.2 Å². The molecular formula is C14H8Br6O2. The van der Waals surface area contributed by atoms with Crippen LogP contribution < -0.4 is 9.47 Å². The van der Waals surface area contributed by atoms with Gasteiger partial charge in [0.1, 0.15) is 24.7 Å². The molecule has 22 heavy (non-hydrogen) atoms. The Bertz CT molecular complexity index is 584. The summed E-state index contributed by atoms with van der Waals surface area (Å²) >= 11 is 20.8. The fourth-order valence-electron chi connectivity index (χ4n) is 1.55. The first-order valence-electron chi connectivity index (χ1n) is 5.93. The molecule has 0 aliphatic heterocycles. The SMILES string of the molecule is Brc1cc(OCCOc2cc(Br)c(Br)c(Br)c2)cc(Br)c1Br. The normalized spacial score (nSPS) is 10.6. The van der Waals surface area contributed by atoms with Gasteiger partial charge in [0.15, 0.2) is 0 Å². The smallest absolute Gasteiger partial charge is 0.122 e. The van der Waals surface area contributed by atoms with Gasteiger partial charge in [-0.05, 0) is 120 Å². The van der Waals surface area contributed by atoms with Crippen LogP contribution >= 0.6 is 95.6 Å². The molecule has 2 rings (SSSR count). The Morgan fingerprint density at radius 1 is 0.545 bits per heavy atom. The van der Waals surface area contributed by atoms with E-state index in [0.29, 0.717) is 13.2 Å². The second-order valence-electron chi connectivity index (χ2n) is 4.10. The van der Waals surface area contributed by atoms with Crippen LogP contribution in [0.15, 0.2) is 51.1 Å². The predicted molar refractivity (Wildman–Crippen MR) is 110 cm³/mol. The molecule has 2 aromatic carbocycles. The summed E-state index contributed by atoms with van der Waals surface area (Å²) < 4.78 is 17.0. The van der Waals surface area contributed by atoms with Gasteiger partial charge in [0.05, 0.1) is 0 Å². The minimum atomic E-state index is 0.450. The molecule has 0 unspecified atom stereocenters. The third-order valence-corrected chi connectivity index (χ3v) is 8.87. The average Bonchev–Trinajstić information content (AvgIpc) is 2.46. The van der Waals surface area contributed by atoms with Gasteiger partial charge in [0, 0.05) is 26.8 Å². The highest BCUT2D eigenvalue weighted by Crippen LogP contribution is 2.36. The van der Waals surface area contributed by atoms with Gasteiger partial charge in [0.2, 0.25) is 0 Å². The largest absolute Gasteiger partial charge is 0.490 e. The number of hydrogen-bond donors (Lipinski definition) is 0. The molecule has 0 saturated heterocycles. The van der Waals surface area contributed by atoms with E-state index in [0.717, 1.165) is 38.3 Å². The van der Waals surface area contributed by atoms with Crippen molar-refractivity contribution in [1.82, 2.24) is 0 Å². The molecule has 0 atom stereocenters. The molecule has 0 spiro atoms. The number of benzene rings is 2. The maximum atomic E-state index is 5.69. The quantitative estimate of drug-likeness (QED) is 0.237. The first-order chi connectivity index (χ1) is 10.4. The summed E-state index contributed by atoms with van der Waals surface area (Å²) in [7, 11) is 0. The molecular weight excluding hydrogens is 680 g/mol. The highest BCUT2D eigenvalue weighted by Gasteiger charge is 2.07. The lowest BCUT2D eigenvalue weighted by Gasteiger charge is -2.11. The van der Waals surface area contributed by atoms with Crippen LogP contribution in [0.4, 0.5) is 0 Å². The molecule has 0 aliphatic rings. The Morgan fingerprint density at radius 2 is 0.818 bits per heavy atom. The standard InChI is InChI=1S/C14H8Br6O2/c15-9-3-7(4-10(16)13(9)19)21-1-2-22-8-5-11(17)14(20)12(18)6-8/h3-6H,1-2H2. The summed E-state index contributed by atoms with van der Waals surface area (Å²) in [5.41, 5.74) is 0. The van der Waals surface area contributed by atoms with Crippen molar-refractivity contribution in [3.63, 3.8) is 0 Å². The van der Waals surface area contributed by atoms with E-state index in [9.17, 15) is 0 Å². The highest BCUT2D eigenvalue weighted by atomic mass is 79.9. The zero-order valence-corrected chi connectivity index (χ0v) is 20.3. The van der Waals surface area contributed by atoms with Gasteiger partial charge in [-0.3, -0.25) is 0 Å². The van der Waals surface area contributed by atoms with Crippen LogP contribution in [0.3, 0.4) is 0 Å². The van der Waals surface area contributed by atoms with E-state index >= 15 is 0 Å². The number of hydrogen-bond acceptors (Lipinski definition) is 2. The van der Waals surface area contributed by atoms with Crippen LogP contribution in [0.2, 0.25) is 0 Å². The topological polar surface area (TPSA) is 18.5 Å². The van der Waals surface area contributed by atoms with Gasteiger partial charge in [0.25, 0.3) is 0 Å². The summed E-state index contributed by atoms with van der Waals surface area (Å²) in [5.74, 6) is 1.53. The van der Waals surface area contributed by atoms with Crippen LogP contribution in [0.5, 0.6) is 11.5 Å². The van der Waals surface area contributed by atoms with Crippen molar-refractivity contribution in [1.29, 1.82) is 0 Å². The van der Waals surface area contributed by atoms with Gasteiger partial charge in [-0.25, -0.2) is 0 Å². The number of ether oxygens (including phenoxy) is 2. The number of halogens is 6. The molecule has 0 fully saturated rings. The van der Waals surface area contributed by atoms with Crippen LogP contribution in [0, 0.1) is 0 Å². The molecule has 8 heteroatoms. The summed E-state index contributed by atoms with van der Waals surface area (Å²) in [5, 5.41) is 0. The molecule has 0 radical (unpaired) electrons. The van der Waals surface area contributed by atoms with E-state index in [2.05, 4.69) is 95.6 Å². The fraction of sp³-hybridized carbons (Fsp3) is 0.143. The van der Waals surface area contributed by atoms with E-state index in [1.54, 1.807) is 0 Å². The van der Waals surface area contributed by atoms with Crippen LogP contribution in [-0.4, -0.2) is 13.2 Å². The first kappa shape index (κ1) is 19.2. The third kappa shape index (κ3) is 5.21. The van der Waals surface area contributed by atoms with E-state index in [-0.39, 0.29) is 0 Å². The van der Waals surface area contributed by atoms with Gasteiger partial charge in [-0.2, -0.15) is 0 Å². The van der Waals surface area contributed by atoms with Crippen LogP contribution in [-0.2, 0) is 0 Å². The fourth-order valence-corrected chi connectivity index (χ4v) is 4.30. The Morgan fingerprint density at radius 3 is 1.09 bits per heavy atom. The molecule has 2 nitrogen and oxygen atoms in total. The zero-order valence-electron chi connectivity index (χ0n) is 10.8. The van der Waals surface area contributed by atoms with Gasteiger partial charge in [-0.1, -0.05) is 0 Å². The second kappa shape index (κ2) is 8.85. The van der Waals surface area contributed by atoms with Crippen LogP contribution in [0.25, 0.3) is 0 Å². The molecule has 2 aromatic rings. The number of rotatable bonds is 5. The van der Waals surface area contributed by atoms with Crippen molar-refractivity contribution < 1.29 is 9.47 Å². The highest BCUT2D eigenvalue weighted by molar-refractivity contribution is 9.15. The van der Waals surface area contributed by atoms with Gasteiger partial charge < -0.3 is 9.47 Å². The van der Waals surface area contributed by atoms with Gasteiger partial charge >= 0.3 is 0 Å². The van der Waals surface area contributed by atoms with Gasteiger partial charge in [-0.15, -0.1) is 0 Å². The Hall–Kier alpha value is 0.920. The summed E-state index contributed by atoms with van der Waals surface area (Å²) in [4.78, 5) is 0. The zero-order chi connectivity index (χ0) is 16.3. The molecule has 0 aliphatic carbocycles. The maximum absolute atomic E-state index is 5.69. The van der Waals surface area contributed by atoms with E-state index in [1.165, 1.54) is 0 Å². The van der Waals surface area contributed by atoms with Crippen molar-refractivity contribution in [2.45, 2.75) is 0 Å².